The third kappa shape index (κ3) is 1.97. The highest BCUT2D eigenvalue weighted by Gasteiger charge is 2.05. The van der Waals surface area contributed by atoms with Crippen LogP contribution in [0.2, 0.25) is 0 Å². The zero-order valence-electron chi connectivity index (χ0n) is 9.51. The molecule has 2 rings (SSSR count). The van der Waals surface area contributed by atoms with E-state index in [-0.39, 0.29) is 6.61 Å². The molecule has 1 N–H and O–H groups in total. The number of aliphatic hydroxyl groups is 1. The van der Waals surface area contributed by atoms with Crippen LogP contribution in [-0.4, -0.2) is 19.6 Å². The Morgan fingerprint density at radius 2 is 2.19 bits per heavy atom. The lowest BCUT2D eigenvalue weighted by Crippen LogP contribution is -2.03. The predicted octanol–water partition coefficient (Wildman–Crippen LogP) is 1.63. The van der Waals surface area contributed by atoms with E-state index in [2.05, 4.69) is 16.9 Å². The smallest absolute Gasteiger partial charge is 0.138 e. The first-order valence-corrected chi connectivity index (χ1v) is 5.35. The molecule has 0 aliphatic rings. The number of nitrogens with zero attached hydrogens (tertiary/aromatic N) is 3. The van der Waals surface area contributed by atoms with Gasteiger partial charge in [-0.3, -0.25) is 4.57 Å². The summed E-state index contributed by atoms with van der Waals surface area (Å²) in [6.07, 6.45) is 4.51. The maximum absolute atomic E-state index is 9.16. The Kier molecular flexibility index (Phi) is 3.01. The number of hydrogen-bond donors (Lipinski definition) is 1. The molecule has 0 aliphatic heterocycles. The van der Waals surface area contributed by atoms with Crippen LogP contribution in [0, 0.1) is 6.92 Å². The lowest BCUT2D eigenvalue weighted by atomic mass is 10.2. The third-order valence-corrected chi connectivity index (χ3v) is 2.46. The predicted molar refractivity (Wildman–Crippen MR) is 61.4 cm³/mol. The first-order chi connectivity index (χ1) is 7.74. The standard InChI is InChI=1S/C12H15N3O/c1-3-11-13-4-5-15(11)12-7-10(8-16)6-9(2)14-12/h4-7,16H,3,8H2,1-2H3. The van der Waals surface area contributed by atoms with Crippen molar-refractivity contribution in [2.45, 2.75) is 26.9 Å². The summed E-state index contributed by atoms with van der Waals surface area (Å²) >= 11 is 0. The Balaban J connectivity index is 2.51. The van der Waals surface area contributed by atoms with Crippen molar-refractivity contribution in [1.29, 1.82) is 0 Å². The summed E-state index contributed by atoms with van der Waals surface area (Å²) < 4.78 is 1.95. The molecule has 0 fully saturated rings. The van der Waals surface area contributed by atoms with Crippen LogP contribution >= 0.6 is 0 Å². The highest BCUT2D eigenvalue weighted by atomic mass is 16.3. The molecule has 0 atom stereocenters. The van der Waals surface area contributed by atoms with E-state index in [0.717, 1.165) is 29.3 Å². The van der Waals surface area contributed by atoms with Crippen LogP contribution in [0.5, 0.6) is 0 Å². The van der Waals surface area contributed by atoms with Gasteiger partial charge in [0.25, 0.3) is 0 Å². The lowest BCUT2D eigenvalue weighted by molar-refractivity contribution is 0.281. The molecule has 84 valence electrons. The van der Waals surface area contributed by atoms with Crippen LogP contribution in [0.1, 0.15) is 24.0 Å². The molecule has 0 saturated heterocycles. The van der Waals surface area contributed by atoms with E-state index in [4.69, 9.17) is 5.11 Å². The molecule has 2 aromatic rings. The van der Waals surface area contributed by atoms with E-state index in [1.54, 1.807) is 6.20 Å². The van der Waals surface area contributed by atoms with Crippen molar-refractivity contribution in [2.24, 2.45) is 0 Å². The van der Waals surface area contributed by atoms with Crippen LogP contribution in [0.15, 0.2) is 24.5 Å². The van der Waals surface area contributed by atoms with E-state index < -0.39 is 0 Å². The zero-order valence-corrected chi connectivity index (χ0v) is 9.51. The van der Waals surface area contributed by atoms with Gasteiger partial charge in [-0.25, -0.2) is 9.97 Å². The van der Waals surface area contributed by atoms with Gasteiger partial charge in [0.15, 0.2) is 0 Å². The molecular formula is C12H15N3O. The van der Waals surface area contributed by atoms with Gasteiger partial charge in [0.2, 0.25) is 0 Å². The Bertz CT molecular complexity index is 491. The number of hydrogen-bond acceptors (Lipinski definition) is 3. The maximum Gasteiger partial charge on any atom is 0.138 e. The fourth-order valence-corrected chi connectivity index (χ4v) is 1.74. The monoisotopic (exact) mass is 217 g/mol. The molecule has 4 heteroatoms. The second-order valence-electron chi connectivity index (χ2n) is 3.70. The first kappa shape index (κ1) is 10.8. The molecule has 4 nitrogen and oxygen atoms in total. The fourth-order valence-electron chi connectivity index (χ4n) is 1.74. The summed E-state index contributed by atoms with van der Waals surface area (Å²) in [7, 11) is 0. The quantitative estimate of drug-likeness (QED) is 0.850. The Morgan fingerprint density at radius 1 is 1.38 bits per heavy atom. The van der Waals surface area contributed by atoms with Gasteiger partial charge in [-0.05, 0) is 24.6 Å². The highest BCUT2D eigenvalue weighted by molar-refractivity contribution is 5.31. The topological polar surface area (TPSA) is 50.9 Å². The molecule has 0 saturated carbocycles. The molecule has 0 aliphatic carbocycles. The Labute approximate surface area is 94.6 Å². The van der Waals surface area contributed by atoms with Gasteiger partial charge in [0, 0.05) is 24.5 Å². The minimum absolute atomic E-state index is 0.0342. The lowest BCUT2D eigenvalue weighted by Gasteiger charge is -2.08. The highest BCUT2D eigenvalue weighted by Crippen LogP contribution is 2.12. The summed E-state index contributed by atoms with van der Waals surface area (Å²) in [5.74, 6) is 1.79. The van der Waals surface area contributed by atoms with Crippen molar-refractivity contribution < 1.29 is 5.11 Å². The maximum atomic E-state index is 9.16. The zero-order chi connectivity index (χ0) is 11.5. The Hall–Kier alpha value is -1.68. The minimum Gasteiger partial charge on any atom is -0.392 e. The summed E-state index contributed by atoms with van der Waals surface area (Å²) in [5.41, 5.74) is 1.77. The fraction of sp³-hybridized carbons (Fsp3) is 0.333. The molecule has 2 heterocycles. The molecule has 0 radical (unpaired) electrons. The van der Waals surface area contributed by atoms with Crippen molar-refractivity contribution in [3.05, 3.63) is 41.6 Å². The van der Waals surface area contributed by atoms with Crippen molar-refractivity contribution >= 4 is 0 Å². The summed E-state index contributed by atoms with van der Waals surface area (Å²) in [4.78, 5) is 8.70. The molecule has 2 aromatic heterocycles. The normalized spacial score (nSPS) is 10.7. The van der Waals surface area contributed by atoms with E-state index in [1.807, 2.05) is 29.8 Å². The number of rotatable bonds is 3. The molecule has 0 bridgehead atoms. The van der Waals surface area contributed by atoms with E-state index in [0.29, 0.717) is 0 Å². The van der Waals surface area contributed by atoms with Crippen LogP contribution in [0.4, 0.5) is 0 Å². The molecule has 0 spiro atoms. The second kappa shape index (κ2) is 4.45. The van der Waals surface area contributed by atoms with Crippen LogP contribution in [0.3, 0.4) is 0 Å². The summed E-state index contributed by atoms with van der Waals surface area (Å²) in [6.45, 7) is 4.01. The average molecular weight is 217 g/mol. The van der Waals surface area contributed by atoms with Crippen LogP contribution in [-0.2, 0) is 13.0 Å². The number of aryl methyl sites for hydroxylation is 2. The van der Waals surface area contributed by atoms with Crippen LogP contribution < -0.4 is 0 Å². The first-order valence-electron chi connectivity index (χ1n) is 5.35. The van der Waals surface area contributed by atoms with Crippen molar-refractivity contribution in [3.8, 4) is 5.82 Å². The average Bonchev–Trinajstić information content (AvgIpc) is 2.76. The minimum atomic E-state index is 0.0342. The van der Waals surface area contributed by atoms with Gasteiger partial charge in [0.05, 0.1) is 6.61 Å². The van der Waals surface area contributed by atoms with Crippen LogP contribution in [0.25, 0.3) is 5.82 Å². The molecule has 0 aromatic carbocycles. The molecule has 0 unspecified atom stereocenters. The van der Waals surface area contributed by atoms with Gasteiger partial charge in [0.1, 0.15) is 11.6 Å². The molecular weight excluding hydrogens is 202 g/mol. The number of aliphatic hydroxyl groups excluding tert-OH is 1. The van der Waals surface area contributed by atoms with E-state index >= 15 is 0 Å². The van der Waals surface area contributed by atoms with E-state index in [1.165, 1.54) is 0 Å². The largest absolute Gasteiger partial charge is 0.392 e. The van der Waals surface area contributed by atoms with Crippen molar-refractivity contribution in [2.75, 3.05) is 0 Å². The summed E-state index contributed by atoms with van der Waals surface area (Å²) in [6, 6.07) is 3.76. The molecule has 0 amide bonds. The SMILES string of the molecule is CCc1nccn1-c1cc(CO)cc(C)n1. The second-order valence-corrected chi connectivity index (χ2v) is 3.70. The van der Waals surface area contributed by atoms with Crippen molar-refractivity contribution in [1.82, 2.24) is 14.5 Å². The van der Waals surface area contributed by atoms with E-state index in [9.17, 15) is 0 Å². The Morgan fingerprint density at radius 3 is 2.88 bits per heavy atom. The number of pyridine rings is 1. The third-order valence-electron chi connectivity index (χ3n) is 2.46. The van der Waals surface area contributed by atoms with Gasteiger partial charge in [-0.2, -0.15) is 0 Å². The van der Waals surface area contributed by atoms with Gasteiger partial charge >= 0.3 is 0 Å². The van der Waals surface area contributed by atoms with Gasteiger partial charge in [-0.1, -0.05) is 6.92 Å². The number of imidazole rings is 1. The summed E-state index contributed by atoms with van der Waals surface area (Å²) in [5, 5.41) is 9.16. The van der Waals surface area contributed by atoms with Crippen molar-refractivity contribution in [3.63, 3.8) is 0 Å². The molecule has 16 heavy (non-hydrogen) atoms. The number of aromatic nitrogens is 3. The van der Waals surface area contributed by atoms with Gasteiger partial charge in [-0.15, -0.1) is 0 Å². The van der Waals surface area contributed by atoms with Gasteiger partial charge < -0.3 is 5.11 Å².